The van der Waals surface area contributed by atoms with Crippen LogP contribution in [0.4, 0.5) is 17.6 Å². The van der Waals surface area contributed by atoms with Crippen molar-refractivity contribution in [2.75, 3.05) is 0 Å². The first-order valence-electron chi connectivity index (χ1n) is 3.29. The highest BCUT2D eigenvalue weighted by molar-refractivity contribution is 7.79. The Labute approximate surface area is 78.8 Å². The van der Waals surface area contributed by atoms with Crippen LogP contribution in [0.2, 0.25) is 0 Å². The Morgan fingerprint density at radius 1 is 1.21 bits per heavy atom. The lowest BCUT2D eigenvalue weighted by molar-refractivity contribution is -0.137. The maximum Gasteiger partial charge on any atom is 0.416 e. The molecule has 14 heavy (non-hydrogen) atoms. The number of alkyl halides is 3. The first-order chi connectivity index (χ1) is 6.30. The van der Waals surface area contributed by atoms with Crippen molar-refractivity contribution in [1.82, 2.24) is 0 Å². The molecule has 78 valence electrons. The van der Waals surface area contributed by atoms with Crippen LogP contribution in [0.3, 0.4) is 0 Å². The SMILES string of the molecule is O=S(O)c1cc(F)cc(C(F)(F)F)c1. The zero-order chi connectivity index (χ0) is 10.9. The van der Waals surface area contributed by atoms with Crippen LogP contribution in [0.25, 0.3) is 0 Å². The van der Waals surface area contributed by atoms with E-state index in [4.69, 9.17) is 4.55 Å². The summed E-state index contributed by atoms with van der Waals surface area (Å²) in [6.45, 7) is 0. The van der Waals surface area contributed by atoms with Gasteiger partial charge >= 0.3 is 6.18 Å². The van der Waals surface area contributed by atoms with Crippen molar-refractivity contribution >= 4 is 11.1 Å². The van der Waals surface area contributed by atoms with Crippen LogP contribution in [0.15, 0.2) is 23.1 Å². The standard InChI is InChI=1S/C7H4F4O2S/c8-5-1-4(7(9,10)11)2-6(3-5)14(12)13/h1-3H,(H,12,13). The fourth-order valence-electron chi connectivity index (χ4n) is 0.827. The highest BCUT2D eigenvalue weighted by atomic mass is 32.2. The summed E-state index contributed by atoms with van der Waals surface area (Å²) in [5.74, 6) is -1.20. The van der Waals surface area contributed by atoms with Gasteiger partial charge in [0.05, 0.1) is 10.5 Å². The summed E-state index contributed by atoms with van der Waals surface area (Å²) in [6.07, 6.45) is -4.73. The molecule has 0 bridgehead atoms. The average Bonchev–Trinajstić information content (AvgIpc) is 2.01. The molecule has 0 heterocycles. The van der Waals surface area contributed by atoms with Crippen LogP contribution in [-0.4, -0.2) is 8.76 Å². The Balaban J connectivity index is 3.28. The van der Waals surface area contributed by atoms with E-state index >= 15 is 0 Å². The number of hydrogen-bond donors (Lipinski definition) is 1. The van der Waals surface area contributed by atoms with Crippen molar-refractivity contribution in [2.24, 2.45) is 0 Å². The predicted molar refractivity (Wildman–Crippen MR) is 40.4 cm³/mol. The fraction of sp³-hybridized carbons (Fsp3) is 0.143. The molecule has 0 aliphatic rings. The van der Waals surface area contributed by atoms with Gasteiger partial charge in [0.2, 0.25) is 0 Å². The van der Waals surface area contributed by atoms with Gasteiger partial charge in [-0.15, -0.1) is 0 Å². The molecular weight excluding hydrogens is 224 g/mol. The van der Waals surface area contributed by atoms with E-state index in [2.05, 4.69) is 0 Å². The molecule has 1 aromatic rings. The van der Waals surface area contributed by atoms with Gasteiger partial charge in [-0.25, -0.2) is 8.60 Å². The summed E-state index contributed by atoms with van der Waals surface area (Å²) < 4.78 is 67.7. The van der Waals surface area contributed by atoms with Gasteiger partial charge in [0.15, 0.2) is 11.1 Å². The summed E-state index contributed by atoms with van der Waals surface area (Å²) in [5.41, 5.74) is -1.28. The lowest BCUT2D eigenvalue weighted by Gasteiger charge is -2.07. The Kier molecular flexibility index (Phi) is 2.91. The van der Waals surface area contributed by atoms with Gasteiger partial charge in [-0.05, 0) is 18.2 Å². The van der Waals surface area contributed by atoms with E-state index < -0.39 is 33.5 Å². The topological polar surface area (TPSA) is 37.3 Å². The quantitative estimate of drug-likeness (QED) is 0.592. The Bertz CT molecular complexity index is 374. The molecule has 1 atom stereocenters. The third-order valence-electron chi connectivity index (χ3n) is 1.40. The van der Waals surface area contributed by atoms with Crippen LogP contribution in [-0.2, 0) is 17.3 Å². The molecule has 0 aliphatic heterocycles. The lowest BCUT2D eigenvalue weighted by Crippen LogP contribution is -2.06. The van der Waals surface area contributed by atoms with E-state index in [9.17, 15) is 21.8 Å². The van der Waals surface area contributed by atoms with Crippen molar-refractivity contribution in [3.05, 3.63) is 29.6 Å². The van der Waals surface area contributed by atoms with Crippen LogP contribution >= 0.6 is 0 Å². The van der Waals surface area contributed by atoms with Gasteiger partial charge in [-0.2, -0.15) is 13.2 Å². The first-order valence-corrected chi connectivity index (χ1v) is 4.40. The van der Waals surface area contributed by atoms with Crippen LogP contribution in [0.1, 0.15) is 5.56 Å². The van der Waals surface area contributed by atoms with Gasteiger partial charge in [0, 0.05) is 0 Å². The molecule has 7 heteroatoms. The highest BCUT2D eigenvalue weighted by Crippen LogP contribution is 2.30. The van der Waals surface area contributed by atoms with Gasteiger partial charge < -0.3 is 4.55 Å². The summed E-state index contributed by atoms with van der Waals surface area (Å²) in [6, 6.07) is 1.26. The summed E-state index contributed by atoms with van der Waals surface area (Å²) in [7, 11) is 0. The number of hydrogen-bond acceptors (Lipinski definition) is 1. The molecule has 1 rings (SSSR count). The minimum absolute atomic E-state index is 0.260. The molecule has 0 radical (unpaired) electrons. The van der Waals surface area contributed by atoms with E-state index in [1.807, 2.05) is 0 Å². The molecule has 1 aromatic carbocycles. The molecule has 0 saturated heterocycles. The summed E-state index contributed by atoms with van der Waals surface area (Å²) in [5, 5.41) is 0. The minimum Gasteiger partial charge on any atom is -0.302 e. The van der Waals surface area contributed by atoms with E-state index in [0.29, 0.717) is 12.1 Å². The fourth-order valence-corrected chi connectivity index (χ4v) is 1.27. The maximum absolute atomic E-state index is 12.6. The molecule has 1 unspecified atom stereocenters. The molecular formula is C7H4F4O2S. The maximum atomic E-state index is 12.6. The van der Waals surface area contributed by atoms with Crippen LogP contribution in [0.5, 0.6) is 0 Å². The second kappa shape index (κ2) is 3.66. The number of rotatable bonds is 1. The zero-order valence-corrected chi connectivity index (χ0v) is 7.32. The second-order valence-electron chi connectivity index (χ2n) is 2.42. The third kappa shape index (κ3) is 2.52. The van der Waals surface area contributed by atoms with Crippen molar-refractivity contribution in [3.8, 4) is 0 Å². The van der Waals surface area contributed by atoms with Crippen molar-refractivity contribution in [3.63, 3.8) is 0 Å². The Hall–Kier alpha value is -0.950. The number of halogens is 4. The smallest absolute Gasteiger partial charge is 0.302 e. The van der Waals surface area contributed by atoms with Crippen molar-refractivity contribution in [2.45, 2.75) is 11.1 Å². The Morgan fingerprint density at radius 2 is 1.79 bits per heavy atom. The van der Waals surface area contributed by atoms with Crippen molar-refractivity contribution < 1.29 is 26.3 Å². The molecule has 0 aliphatic carbocycles. The zero-order valence-electron chi connectivity index (χ0n) is 6.51. The van der Waals surface area contributed by atoms with E-state index in [0.717, 1.165) is 0 Å². The van der Waals surface area contributed by atoms with Gasteiger partial charge in [-0.3, -0.25) is 0 Å². The summed E-state index contributed by atoms with van der Waals surface area (Å²) in [4.78, 5) is -0.614. The van der Waals surface area contributed by atoms with Gasteiger partial charge in [0.1, 0.15) is 5.82 Å². The van der Waals surface area contributed by atoms with Crippen LogP contribution < -0.4 is 0 Å². The van der Waals surface area contributed by atoms with Crippen molar-refractivity contribution in [1.29, 1.82) is 0 Å². The van der Waals surface area contributed by atoms with E-state index in [1.54, 1.807) is 0 Å². The van der Waals surface area contributed by atoms with Gasteiger partial charge in [0.25, 0.3) is 0 Å². The molecule has 2 nitrogen and oxygen atoms in total. The summed E-state index contributed by atoms with van der Waals surface area (Å²) >= 11 is -2.62. The Morgan fingerprint density at radius 3 is 2.21 bits per heavy atom. The largest absolute Gasteiger partial charge is 0.416 e. The first kappa shape index (κ1) is 11.1. The molecule has 1 N–H and O–H groups in total. The van der Waals surface area contributed by atoms with E-state index in [1.165, 1.54) is 0 Å². The number of benzene rings is 1. The van der Waals surface area contributed by atoms with E-state index in [-0.39, 0.29) is 6.07 Å². The second-order valence-corrected chi connectivity index (χ2v) is 3.39. The van der Waals surface area contributed by atoms with Crippen LogP contribution in [0, 0.1) is 5.82 Å². The minimum atomic E-state index is -4.73. The molecule has 0 spiro atoms. The third-order valence-corrected chi connectivity index (χ3v) is 2.04. The van der Waals surface area contributed by atoms with Gasteiger partial charge in [-0.1, -0.05) is 0 Å². The molecule has 0 saturated carbocycles. The highest BCUT2D eigenvalue weighted by Gasteiger charge is 2.31. The molecule has 0 aromatic heterocycles. The normalized spacial score (nSPS) is 14.1. The average molecular weight is 228 g/mol. The predicted octanol–water partition coefficient (Wildman–Crippen LogP) is 2.43. The molecule has 0 amide bonds. The molecule has 0 fully saturated rings. The lowest BCUT2D eigenvalue weighted by atomic mass is 10.2. The monoisotopic (exact) mass is 228 g/mol.